The number of Topliss-reactive ketones (excluding diaryl/α,β-unsaturated/α-hetero) is 1. The summed E-state index contributed by atoms with van der Waals surface area (Å²) in [6.07, 6.45) is 0.585. The lowest BCUT2D eigenvalue weighted by molar-refractivity contribution is -0.137. The van der Waals surface area contributed by atoms with Crippen molar-refractivity contribution in [3.05, 3.63) is 63.2 Å². The molecule has 0 atom stereocenters. The number of alkyl halides is 3. The summed E-state index contributed by atoms with van der Waals surface area (Å²) in [5.74, 6) is -1.15. The normalized spacial score (nSPS) is 11.3. The van der Waals surface area contributed by atoms with Crippen molar-refractivity contribution in [2.45, 2.75) is 19.0 Å². The Kier molecular flexibility index (Phi) is 6.18. The van der Waals surface area contributed by atoms with Crippen LogP contribution in [0.5, 0.6) is 0 Å². The van der Waals surface area contributed by atoms with Gasteiger partial charge in [0.05, 0.1) is 21.8 Å². The van der Waals surface area contributed by atoms with Gasteiger partial charge in [0.15, 0.2) is 5.78 Å². The molecule has 0 fully saturated rings. The number of amides is 1. The fourth-order valence-corrected chi connectivity index (χ4v) is 3.26. The molecule has 3 heterocycles. The second-order valence-electron chi connectivity index (χ2n) is 5.64. The summed E-state index contributed by atoms with van der Waals surface area (Å²) in [5.41, 5.74) is -0.818. The SMILES string of the molecule is O=C(CCc1ncc(C(=O)Nc2cc(C(F)(F)F)c(Cl)cn2)s1)c1ccncn1. The van der Waals surface area contributed by atoms with Gasteiger partial charge < -0.3 is 5.32 Å². The van der Waals surface area contributed by atoms with Crippen molar-refractivity contribution in [3.8, 4) is 0 Å². The molecule has 12 heteroatoms. The molecule has 150 valence electrons. The van der Waals surface area contributed by atoms with Crippen LogP contribution in [0.4, 0.5) is 19.0 Å². The smallest absolute Gasteiger partial charge is 0.306 e. The van der Waals surface area contributed by atoms with Crippen molar-refractivity contribution >= 4 is 40.4 Å². The topological polar surface area (TPSA) is 97.7 Å². The maximum absolute atomic E-state index is 12.9. The van der Waals surface area contributed by atoms with E-state index >= 15 is 0 Å². The number of aromatic nitrogens is 4. The second-order valence-corrected chi connectivity index (χ2v) is 7.16. The lowest BCUT2D eigenvalue weighted by atomic mass is 10.2. The number of carbonyl (C=O) groups is 2. The van der Waals surface area contributed by atoms with Gasteiger partial charge in [0, 0.05) is 25.2 Å². The number of nitrogens with one attached hydrogen (secondary N) is 1. The van der Waals surface area contributed by atoms with Crippen molar-refractivity contribution in [2.24, 2.45) is 0 Å². The van der Waals surface area contributed by atoms with Gasteiger partial charge in [0.2, 0.25) is 0 Å². The van der Waals surface area contributed by atoms with Gasteiger partial charge in [-0.15, -0.1) is 11.3 Å². The molecule has 1 N–H and O–H groups in total. The number of carbonyl (C=O) groups excluding carboxylic acids is 2. The minimum atomic E-state index is -4.67. The van der Waals surface area contributed by atoms with E-state index in [2.05, 4.69) is 25.3 Å². The van der Waals surface area contributed by atoms with Crippen molar-refractivity contribution in [3.63, 3.8) is 0 Å². The van der Waals surface area contributed by atoms with Crippen LogP contribution >= 0.6 is 22.9 Å². The van der Waals surface area contributed by atoms with Crippen LogP contribution in [-0.2, 0) is 12.6 Å². The number of aryl methyl sites for hydroxylation is 1. The molecule has 3 rings (SSSR count). The molecule has 3 aromatic rings. The molecule has 0 saturated heterocycles. The zero-order valence-electron chi connectivity index (χ0n) is 14.4. The Morgan fingerprint density at radius 3 is 2.66 bits per heavy atom. The van der Waals surface area contributed by atoms with Gasteiger partial charge in [-0.25, -0.2) is 19.9 Å². The van der Waals surface area contributed by atoms with Gasteiger partial charge in [-0.1, -0.05) is 11.6 Å². The minimum absolute atomic E-state index is 0.138. The summed E-state index contributed by atoms with van der Waals surface area (Å²) in [6.45, 7) is 0. The van der Waals surface area contributed by atoms with E-state index in [-0.39, 0.29) is 35.0 Å². The van der Waals surface area contributed by atoms with Crippen molar-refractivity contribution < 1.29 is 22.8 Å². The Morgan fingerprint density at radius 2 is 1.97 bits per heavy atom. The van der Waals surface area contributed by atoms with Gasteiger partial charge in [-0.2, -0.15) is 13.2 Å². The Labute approximate surface area is 171 Å². The van der Waals surface area contributed by atoms with Crippen LogP contribution < -0.4 is 5.32 Å². The van der Waals surface area contributed by atoms with Gasteiger partial charge in [-0.05, 0) is 12.1 Å². The van der Waals surface area contributed by atoms with E-state index < -0.39 is 22.7 Å². The summed E-state index contributed by atoms with van der Waals surface area (Å²) in [5, 5.41) is 2.24. The summed E-state index contributed by atoms with van der Waals surface area (Å²) in [6, 6.07) is 2.15. The molecule has 0 spiro atoms. The van der Waals surface area contributed by atoms with Crippen LogP contribution in [0.15, 0.2) is 37.1 Å². The maximum Gasteiger partial charge on any atom is 0.418 e. The van der Waals surface area contributed by atoms with Crippen molar-refractivity contribution in [2.75, 3.05) is 5.32 Å². The zero-order chi connectivity index (χ0) is 21.0. The van der Waals surface area contributed by atoms with Crippen LogP contribution in [0, 0.1) is 0 Å². The molecular weight excluding hydrogens is 431 g/mol. The number of rotatable bonds is 6. The first-order chi connectivity index (χ1) is 13.7. The highest BCUT2D eigenvalue weighted by Gasteiger charge is 2.34. The molecule has 0 unspecified atom stereocenters. The number of nitrogens with zero attached hydrogens (tertiary/aromatic N) is 4. The molecule has 0 aliphatic rings. The van der Waals surface area contributed by atoms with E-state index in [0.717, 1.165) is 17.5 Å². The van der Waals surface area contributed by atoms with Crippen LogP contribution in [0.25, 0.3) is 0 Å². The Hall–Kier alpha value is -2.92. The second kappa shape index (κ2) is 8.62. The number of ketones is 1. The Bertz CT molecular complexity index is 1040. The fourth-order valence-electron chi connectivity index (χ4n) is 2.24. The van der Waals surface area contributed by atoms with Crippen LogP contribution in [-0.4, -0.2) is 31.6 Å². The first-order valence-corrected chi connectivity index (χ1v) is 9.21. The van der Waals surface area contributed by atoms with Crippen LogP contribution in [0.1, 0.15) is 37.2 Å². The number of thiazole rings is 1. The summed E-state index contributed by atoms with van der Waals surface area (Å²) >= 11 is 6.53. The number of hydrogen-bond acceptors (Lipinski definition) is 7. The average molecular weight is 442 g/mol. The van der Waals surface area contributed by atoms with Gasteiger partial charge in [-0.3, -0.25) is 9.59 Å². The predicted octanol–water partition coefficient (Wildman–Crippen LogP) is 4.07. The molecule has 0 aliphatic carbocycles. The molecule has 0 aromatic carbocycles. The highest BCUT2D eigenvalue weighted by molar-refractivity contribution is 7.13. The summed E-state index contributed by atoms with van der Waals surface area (Å²) in [7, 11) is 0. The molecule has 1 amide bonds. The van der Waals surface area contributed by atoms with E-state index in [0.29, 0.717) is 11.1 Å². The molecule has 29 heavy (non-hydrogen) atoms. The van der Waals surface area contributed by atoms with Gasteiger partial charge in [0.1, 0.15) is 22.7 Å². The first kappa shape index (κ1) is 20.8. The van der Waals surface area contributed by atoms with Gasteiger partial charge in [0.25, 0.3) is 5.91 Å². The third kappa shape index (κ3) is 5.33. The fraction of sp³-hybridized carbons (Fsp3) is 0.176. The third-order valence-corrected chi connectivity index (χ3v) is 4.97. The lowest BCUT2D eigenvalue weighted by Gasteiger charge is -2.10. The molecule has 0 saturated carbocycles. The Morgan fingerprint density at radius 1 is 1.17 bits per heavy atom. The van der Waals surface area contributed by atoms with Gasteiger partial charge >= 0.3 is 6.18 Å². The highest BCUT2D eigenvalue weighted by Crippen LogP contribution is 2.35. The molecule has 7 nitrogen and oxygen atoms in total. The van der Waals surface area contributed by atoms with E-state index in [4.69, 9.17) is 11.6 Å². The predicted molar refractivity (Wildman–Crippen MR) is 99.0 cm³/mol. The van der Waals surface area contributed by atoms with E-state index in [1.54, 1.807) is 0 Å². The molecule has 3 aromatic heterocycles. The maximum atomic E-state index is 12.9. The number of anilines is 1. The monoisotopic (exact) mass is 441 g/mol. The van der Waals surface area contributed by atoms with Crippen LogP contribution in [0.3, 0.4) is 0 Å². The number of pyridine rings is 1. The summed E-state index contributed by atoms with van der Waals surface area (Å²) < 4.78 is 38.7. The van der Waals surface area contributed by atoms with Crippen molar-refractivity contribution in [1.29, 1.82) is 0 Å². The molecule has 0 radical (unpaired) electrons. The quantitative estimate of drug-likeness (QED) is 0.579. The van der Waals surface area contributed by atoms with E-state index in [1.165, 1.54) is 24.8 Å². The standard InChI is InChI=1S/C17H11ClF3N5O2S/c18-10-6-23-14(5-9(10)17(19,20)21)26-16(28)13-7-24-15(29-13)2-1-12(27)11-3-4-22-8-25-11/h3-8H,1-2H2,(H,23,26,28). The largest absolute Gasteiger partial charge is 0.418 e. The lowest BCUT2D eigenvalue weighted by Crippen LogP contribution is -2.13. The van der Waals surface area contributed by atoms with Crippen LogP contribution in [0.2, 0.25) is 5.02 Å². The van der Waals surface area contributed by atoms with E-state index in [9.17, 15) is 22.8 Å². The van der Waals surface area contributed by atoms with E-state index in [1.807, 2.05) is 0 Å². The summed E-state index contributed by atoms with van der Waals surface area (Å²) in [4.78, 5) is 39.8. The first-order valence-electron chi connectivity index (χ1n) is 8.02. The highest BCUT2D eigenvalue weighted by atomic mass is 35.5. The molecule has 0 aliphatic heterocycles. The molecular formula is C17H11ClF3N5O2S. The minimum Gasteiger partial charge on any atom is -0.306 e. The van der Waals surface area contributed by atoms with Crippen molar-refractivity contribution in [1.82, 2.24) is 19.9 Å². The third-order valence-electron chi connectivity index (χ3n) is 3.61. The zero-order valence-corrected chi connectivity index (χ0v) is 16.0. The number of halogens is 4. The average Bonchev–Trinajstić information content (AvgIpc) is 3.16. The number of hydrogen-bond donors (Lipinski definition) is 1. The molecule has 0 bridgehead atoms. The Balaban J connectivity index is 1.63.